The number of ether oxygens (including phenoxy) is 1. The molecule has 2 saturated heterocycles. The molecule has 2 fully saturated rings. The smallest absolute Gasteiger partial charge is 0.244 e. The van der Waals surface area contributed by atoms with Crippen LogP contribution in [0.4, 0.5) is 5.69 Å². The van der Waals surface area contributed by atoms with Gasteiger partial charge in [-0.05, 0) is 50.9 Å². The van der Waals surface area contributed by atoms with Crippen LogP contribution in [-0.4, -0.2) is 48.7 Å². The maximum Gasteiger partial charge on any atom is 0.244 e. The zero-order valence-electron chi connectivity index (χ0n) is 14.8. The highest BCUT2D eigenvalue weighted by Gasteiger charge is 2.28. The predicted octanol–water partition coefficient (Wildman–Crippen LogP) is 2.38. The van der Waals surface area contributed by atoms with Gasteiger partial charge >= 0.3 is 0 Å². The summed E-state index contributed by atoms with van der Waals surface area (Å²) in [5.74, 6) is -0.0281. The summed E-state index contributed by atoms with van der Waals surface area (Å²) < 4.78 is 5.53. The molecule has 24 heavy (non-hydrogen) atoms. The van der Waals surface area contributed by atoms with Crippen LogP contribution in [0, 0.1) is 0 Å². The summed E-state index contributed by atoms with van der Waals surface area (Å²) >= 11 is 0. The van der Waals surface area contributed by atoms with Gasteiger partial charge < -0.3 is 15.4 Å². The number of anilines is 1. The summed E-state index contributed by atoms with van der Waals surface area (Å²) in [6, 6.07) is 8.60. The zero-order valence-corrected chi connectivity index (χ0v) is 14.8. The van der Waals surface area contributed by atoms with E-state index in [1.807, 2.05) is 19.1 Å². The average molecular weight is 331 g/mol. The quantitative estimate of drug-likeness (QED) is 0.889. The zero-order chi connectivity index (χ0) is 16.9. The van der Waals surface area contributed by atoms with Gasteiger partial charge in [0, 0.05) is 24.8 Å². The van der Waals surface area contributed by atoms with Gasteiger partial charge in [0.25, 0.3) is 0 Å². The largest absolute Gasteiger partial charge is 0.375 e. The van der Waals surface area contributed by atoms with Gasteiger partial charge in [-0.15, -0.1) is 0 Å². The van der Waals surface area contributed by atoms with E-state index in [0.717, 1.165) is 18.8 Å². The number of carbonyl (C=O) groups is 1. The summed E-state index contributed by atoms with van der Waals surface area (Å²) in [7, 11) is 0. The molecule has 2 heterocycles. The molecule has 132 valence electrons. The molecule has 1 aromatic rings. The normalized spacial score (nSPS) is 28.5. The fourth-order valence-electron chi connectivity index (χ4n) is 3.57. The van der Waals surface area contributed by atoms with Gasteiger partial charge in [0.15, 0.2) is 0 Å². The predicted molar refractivity (Wildman–Crippen MR) is 96.0 cm³/mol. The van der Waals surface area contributed by atoms with Crippen LogP contribution in [0.5, 0.6) is 0 Å². The Morgan fingerprint density at radius 1 is 1.29 bits per heavy atom. The lowest BCUT2D eigenvalue weighted by Gasteiger charge is -2.33. The fraction of sp³-hybridized carbons (Fsp3) is 0.632. The first-order valence-corrected chi connectivity index (χ1v) is 9.12. The Hall–Kier alpha value is -1.43. The molecular weight excluding hydrogens is 302 g/mol. The molecule has 2 aliphatic heterocycles. The van der Waals surface area contributed by atoms with E-state index in [1.54, 1.807) is 0 Å². The molecule has 0 radical (unpaired) electrons. The third-order valence-electron chi connectivity index (χ3n) is 5.15. The topological polar surface area (TPSA) is 53.6 Å². The number of hydrogen-bond donors (Lipinski definition) is 2. The van der Waals surface area contributed by atoms with Gasteiger partial charge in [0.05, 0.1) is 12.7 Å². The van der Waals surface area contributed by atoms with Crippen LogP contribution < -0.4 is 10.6 Å². The molecule has 3 atom stereocenters. The van der Waals surface area contributed by atoms with Gasteiger partial charge in [0.2, 0.25) is 5.91 Å². The van der Waals surface area contributed by atoms with E-state index in [4.69, 9.17) is 4.74 Å². The lowest BCUT2D eigenvalue weighted by molar-refractivity contribution is -0.123. The molecular formula is C19H29N3O2. The minimum absolute atomic E-state index is 0.0281. The molecule has 2 N–H and O–H groups in total. The lowest BCUT2D eigenvalue weighted by Crippen LogP contribution is -2.53. The Bertz CT molecular complexity index is 546. The summed E-state index contributed by atoms with van der Waals surface area (Å²) in [5.41, 5.74) is 2.14. The molecule has 1 unspecified atom stereocenters. The molecule has 0 aliphatic carbocycles. The van der Waals surface area contributed by atoms with E-state index in [0.29, 0.717) is 12.6 Å². The van der Waals surface area contributed by atoms with Gasteiger partial charge in [-0.1, -0.05) is 18.6 Å². The maximum absolute atomic E-state index is 12.4. The Morgan fingerprint density at radius 3 is 2.79 bits per heavy atom. The van der Waals surface area contributed by atoms with Crippen LogP contribution in [0.25, 0.3) is 0 Å². The van der Waals surface area contributed by atoms with Gasteiger partial charge in [-0.3, -0.25) is 9.69 Å². The molecule has 3 rings (SSSR count). The van der Waals surface area contributed by atoms with Crippen molar-refractivity contribution < 1.29 is 9.53 Å². The standard InChI is InChI=1S/C19H29N3O2/c1-14-5-3-4-11-22(14)13-16-6-8-17(9-7-16)21-19(23)18-15(2)24-12-10-20-18/h6-9,14-15,18,20H,3-5,10-13H2,1-2H3,(H,21,23)/t14?,15-,18+/m1/s1. The Labute approximate surface area is 144 Å². The molecule has 0 spiro atoms. The molecule has 2 aliphatic rings. The third kappa shape index (κ3) is 4.35. The van der Waals surface area contributed by atoms with Crippen molar-refractivity contribution in [1.29, 1.82) is 0 Å². The summed E-state index contributed by atoms with van der Waals surface area (Å²) in [4.78, 5) is 14.9. The lowest BCUT2D eigenvalue weighted by atomic mass is 10.0. The number of hydrogen-bond acceptors (Lipinski definition) is 4. The molecule has 0 saturated carbocycles. The number of benzene rings is 1. The Morgan fingerprint density at radius 2 is 2.08 bits per heavy atom. The van der Waals surface area contributed by atoms with Crippen LogP contribution in [-0.2, 0) is 16.1 Å². The molecule has 1 amide bonds. The number of amides is 1. The van der Waals surface area contributed by atoms with Crippen molar-refractivity contribution >= 4 is 11.6 Å². The van der Waals surface area contributed by atoms with Crippen LogP contribution in [0.2, 0.25) is 0 Å². The Kier molecular flexibility index (Phi) is 5.87. The van der Waals surface area contributed by atoms with Gasteiger partial charge in [0.1, 0.15) is 6.04 Å². The highest BCUT2D eigenvalue weighted by molar-refractivity contribution is 5.95. The molecule has 0 bridgehead atoms. The molecule has 5 nitrogen and oxygen atoms in total. The second kappa shape index (κ2) is 8.10. The first kappa shape index (κ1) is 17.4. The molecule has 1 aromatic carbocycles. The summed E-state index contributed by atoms with van der Waals surface area (Å²) in [6.45, 7) is 7.80. The number of nitrogens with zero attached hydrogens (tertiary/aromatic N) is 1. The van der Waals surface area contributed by atoms with E-state index >= 15 is 0 Å². The molecule has 0 aromatic heterocycles. The van der Waals surface area contributed by atoms with E-state index in [1.165, 1.54) is 31.4 Å². The number of morpholine rings is 1. The van der Waals surface area contributed by atoms with Crippen molar-refractivity contribution in [3.63, 3.8) is 0 Å². The first-order chi connectivity index (χ1) is 11.6. The maximum atomic E-state index is 12.4. The van der Waals surface area contributed by atoms with Crippen molar-refractivity contribution in [3.8, 4) is 0 Å². The van der Waals surface area contributed by atoms with Crippen molar-refractivity contribution in [2.24, 2.45) is 0 Å². The number of piperidine rings is 1. The van der Waals surface area contributed by atoms with Gasteiger partial charge in [-0.25, -0.2) is 0 Å². The van der Waals surface area contributed by atoms with Crippen LogP contribution in [0.3, 0.4) is 0 Å². The minimum Gasteiger partial charge on any atom is -0.375 e. The Balaban J connectivity index is 1.55. The van der Waals surface area contributed by atoms with E-state index in [2.05, 4.69) is 34.6 Å². The average Bonchev–Trinajstić information content (AvgIpc) is 2.59. The fourth-order valence-corrected chi connectivity index (χ4v) is 3.57. The van der Waals surface area contributed by atoms with Crippen LogP contribution in [0.15, 0.2) is 24.3 Å². The number of rotatable bonds is 4. The van der Waals surface area contributed by atoms with E-state index < -0.39 is 0 Å². The van der Waals surface area contributed by atoms with E-state index in [9.17, 15) is 4.79 Å². The third-order valence-corrected chi connectivity index (χ3v) is 5.15. The number of nitrogens with one attached hydrogen (secondary N) is 2. The SMILES string of the molecule is CC1CCCCN1Cc1ccc(NC(=O)[C@H]2NCCO[C@@H]2C)cc1. The van der Waals surface area contributed by atoms with Crippen molar-refractivity contribution in [2.45, 2.75) is 57.8 Å². The van der Waals surface area contributed by atoms with Crippen LogP contribution >= 0.6 is 0 Å². The number of carbonyl (C=O) groups excluding carboxylic acids is 1. The van der Waals surface area contributed by atoms with Crippen LogP contribution in [0.1, 0.15) is 38.7 Å². The van der Waals surface area contributed by atoms with Crippen molar-refractivity contribution in [1.82, 2.24) is 10.2 Å². The van der Waals surface area contributed by atoms with Crippen molar-refractivity contribution in [2.75, 3.05) is 25.0 Å². The first-order valence-electron chi connectivity index (χ1n) is 9.12. The second-order valence-electron chi connectivity index (χ2n) is 7.01. The summed E-state index contributed by atoms with van der Waals surface area (Å²) in [6.07, 6.45) is 3.84. The number of likely N-dealkylation sites (tertiary alicyclic amines) is 1. The second-order valence-corrected chi connectivity index (χ2v) is 7.01. The summed E-state index contributed by atoms with van der Waals surface area (Å²) in [5, 5.41) is 6.20. The van der Waals surface area contributed by atoms with E-state index in [-0.39, 0.29) is 18.1 Å². The monoisotopic (exact) mass is 331 g/mol. The van der Waals surface area contributed by atoms with Gasteiger partial charge in [-0.2, -0.15) is 0 Å². The highest BCUT2D eigenvalue weighted by Crippen LogP contribution is 2.20. The highest BCUT2D eigenvalue weighted by atomic mass is 16.5. The van der Waals surface area contributed by atoms with Crippen molar-refractivity contribution in [3.05, 3.63) is 29.8 Å². The molecule has 5 heteroatoms. The minimum atomic E-state index is -0.285.